The van der Waals surface area contributed by atoms with Crippen LogP contribution in [0.2, 0.25) is 0 Å². The first kappa shape index (κ1) is 16.5. The van der Waals surface area contributed by atoms with Gasteiger partial charge in [0.2, 0.25) is 5.91 Å². The van der Waals surface area contributed by atoms with Crippen LogP contribution in [0, 0.1) is 0 Å². The van der Waals surface area contributed by atoms with E-state index < -0.39 is 0 Å². The number of nitrogens with zero attached hydrogens (tertiary/aromatic N) is 2. The number of carbonyl (C=O) groups excluding carboxylic acids is 1. The van der Waals surface area contributed by atoms with Gasteiger partial charge in [-0.05, 0) is 17.5 Å². The van der Waals surface area contributed by atoms with Crippen molar-refractivity contribution >= 4 is 5.91 Å². The molecule has 0 unspecified atom stereocenters. The van der Waals surface area contributed by atoms with E-state index in [1.165, 1.54) is 11.1 Å². The van der Waals surface area contributed by atoms with Gasteiger partial charge in [0.25, 0.3) is 0 Å². The molecule has 0 spiro atoms. The molecule has 0 aliphatic carbocycles. The Morgan fingerprint density at radius 2 is 1.96 bits per heavy atom. The van der Waals surface area contributed by atoms with Crippen LogP contribution in [0.4, 0.5) is 0 Å². The van der Waals surface area contributed by atoms with E-state index in [4.69, 9.17) is 4.74 Å². The molecule has 1 amide bonds. The van der Waals surface area contributed by atoms with Gasteiger partial charge in [0.1, 0.15) is 18.5 Å². The third-order valence-electron chi connectivity index (χ3n) is 4.64. The second-order valence-electron chi connectivity index (χ2n) is 6.36. The van der Waals surface area contributed by atoms with Gasteiger partial charge in [0, 0.05) is 24.5 Å². The second kappa shape index (κ2) is 7.54. The van der Waals surface area contributed by atoms with Crippen molar-refractivity contribution < 1.29 is 9.53 Å². The first-order valence-corrected chi connectivity index (χ1v) is 8.84. The minimum Gasteiger partial charge on any atom is -0.371 e. The summed E-state index contributed by atoms with van der Waals surface area (Å²) in [6, 6.07) is 18.1. The molecule has 1 atom stereocenters. The summed E-state index contributed by atoms with van der Waals surface area (Å²) in [5.41, 5.74) is 3.47. The van der Waals surface area contributed by atoms with Gasteiger partial charge in [-0.25, -0.2) is 4.98 Å². The first-order valence-electron chi connectivity index (χ1n) is 8.84. The number of amides is 1. The van der Waals surface area contributed by atoms with Gasteiger partial charge >= 0.3 is 0 Å². The molecule has 5 nitrogen and oxygen atoms in total. The van der Waals surface area contributed by atoms with E-state index in [2.05, 4.69) is 22.4 Å². The van der Waals surface area contributed by atoms with E-state index in [0.717, 1.165) is 17.8 Å². The van der Waals surface area contributed by atoms with Crippen LogP contribution in [0.3, 0.4) is 0 Å². The summed E-state index contributed by atoms with van der Waals surface area (Å²) in [5.74, 6) is 0.742. The fourth-order valence-electron chi connectivity index (χ4n) is 3.35. The van der Waals surface area contributed by atoms with E-state index in [9.17, 15) is 4.79 Å². The maximum Gasteiger partial charge on any atom is 0.240 e. The number of nitrogens with one attached hydrogen (secondary N) is 1. The van der Waals surface area contributed by atoms with Crippen molar-refractivity contribution in [3.05, 3.63) is 78.1 Å². The van der Waals surface area contributed by atoms with Crippen LogP contribution in [-0.4, -0.2) is 28.6 Å². The van der Waals surface area contributed by atoms with E-state index in [1.54, 1.807) is 6.20 Å². The molecule has 1 aromatic heterocycles. The Morgan fingerprint density at radius 3 is 2.85 bits per heavy atom. The number of carbonyl (C=O) groups is 1. The van der Waals surface area contributed by atoms with Crippen LogP contribution in [-0.2, 0) is 22.5 Å². The Bertz CT molecular complexity index is 889. The monoisotopic (exact) mass is 347 g/mol. The van der Waals surface area contributed by atoms with Crippen LogP contribution in [0.1, 0.15) is 17.2 Å². The van der Waals surface area contributed by atoms with Crippen molar-refractivity contribution in [1.82, 2.24) is 14.9 Å². The summed E-state index contributed by atoms with van der Waals surface area (Å²) < 4.78 is 7.71. The SMILES string of the molecule is O=C(Cn1ccnc1-c1ccccc1)NC[C@@H]1OCCc2ccccc21. The number of hydrogen-bond donors (Lipinski definition) is 1. The second-order valence-corrected chi connectivity index (χ2v) is 6.36. The molecule has 5 heteroatoms. The fourth-order valence-corrected chi connectivity index (χ4v) is 3.35. The number of benzene rings is 2. The molecule has 2 aromatic carbocycles. The average molecular weight is 347 g/mol. The van der Waals surface area contributed by atoms with Crippen LogP contribution in [0.25, 0.3) is 11.4 Å². The highest BCUT2D eigenvalue weighted by molar-refractivity contribution is 5.76. The summed E-state index contributed by atoms with van der Waals surface area (Å²) in [6.45, 7) is 1.40. The van der Waals surface area contributed by atoms with Gasteiger partial charge in [-0.1, -0.05) is 54.6 Å². The average Bonchev–Trinajstić information content (AvgIpc) is 3.15. The molecule has 0 saturated carbocycles. The minimum absolute atomic E-state index is 0.0492. The molecule has 2 heterocycles. The van der Waals surface area contributed by atoms with Crippen LogP contribution >= 0.6 is 0 Å². The maximum absolute atomic E-state index is 12.4. The van der Waals surface area contributed by atoms with Crippen LogP contribution in [0.5, 0.6) is 0 Å². The summed E-state index contributed by atoms with van der Waals surface area (Å²) in [6.07, 6.45) is 4.39. The Balaban J connectivity index is 1.40. The molecule has 0 saturated heterocycles. The molecule has 1 aliphatic rings. The number of hydrogen-bond acceptors (Lipinski definition) is 3. The smallest absolute Gasteiger partial charge is 0.240 e. The topological polar surface area (TPSA) is 56.2 Å². The highest BCUT2D eigenvalue weighted by Gasteiger charge is 2.21. The van der Waals surface area contributed by atoms with Crippen molar-refractivity contribution in [2.75, 3.05) is 13.2 Å². The number of ether oxygens (including phenoxy) is 1. The first-order chi connectivity index (χ1) is 12.8. The van der Waals surface area contributed by atoms with Gasteiger partial charge in [-0.15, -0.1) is 0 Å². The van der Waals surface area contributed by atoms with Crippen molar-refractivity contribution in [1.29, 1.82) is 0 Å². The third-order valence-corrected chi connectivity index (χ3v) is 4.64. The number of rotatable bonds is 5. The Morgan fingerprint density at radius 1 is 1.15 bits per heavy atom. The lowest BCUT2D eigenvalue weighted by atomic mass is 9.97. The summed E-state index contributed by atoms with van der Waals surface area (Å²) in [4.78, 5) is 16.8. The Kier molecular flexibility index (Phi) is 4.80. The van der Waals surface area contributed by atoms with Gasteiger partial charge in [-0.2, -0.15) is 0 Å². The van der Waals surface area contributed by atoms with E-state index in [0.29, 0.717) is 13.2 Å². The largest absolute Gasteiger partial charge is 0.371 e. The summed E-state index contributed by atoms with van der Waals surface area (Å²) >= 11 is 0. The molecule has 1 N–H and O–H groups in total. The summed E-state index contributed by atoms with van der Waals surface area (Å²) in [5, 5.41) is 3.00. The van der Waals surface area contributed by atoms with Gasteiger partial charge in [0.05, 0.1) is 6.61 Å². The van der Waals surface area contributed by atoms with Crippen molar-refractivity contribution in [3.8, 4) is 11.4 Å². The lowest BCUT2D eigenvalue weighted by Crippen LogP contribution is -2.34. The maximum atomic E-state index is 12.4. The predicted molar refractivity (Wildman–Crippen MR) is 99.5 cm³/mol. The molecule has 0 fully saturated rings. The predicted octanol–water partition coefficient (Wildman–Crippen LogP) is 2.98. The van der Waals surface area contributed by atoms with Gasteiger partial charge in [-0.3, -0.25) is 4.79 Å². The van der Waals surface area contributed by atoms with Gasteiger partial charge in [0.15, 0.2) is 0 Å². The van der Waals surface area contributed by atoms with E-state index in [1.807, 2.05) is 53.2 Å². The van der Waals surface area contributed by atoms with Crippen molar-refractivity contribution in [2.45, 2.75) is 19.1 Å². The van der Waals surface area contributed by atoms with Crippen molar-refractivity contribution in [3.63, 3.8) is 0 Å². The number of aromatic nitrogens is 2. The van der Waals surface area contributed by atoms with Crippen LogP contribution in [0.15, 0.2) is 67.0 Å². The Hall–Kier alpha value is -2.92. The molecule has 0 bridgehead atoms. The molecule has 4 rings (SSSR count). The standard InChI is InChI=1S/C21H21N3O2/c25-20(15-24-12-11-22-21(24)17-7-2-1-3-8-17)23-14-19-18-9-5-4-6-16(18)10-13-26-19/h1-9,11-12,19H,10,13-15H2,(H,23,25)/t19-/m0/s1. The third kappa shape index (κ3) is 3.53. The lowest BCUT2D eigenvalue weighted by Gasteiger charge is -2.26. The minimum atomic E-state index is -0.0831. The molecular formula is C21H21N3O2. The van der Waals surface area contributed by atoms with Crippen LogP contribution < -0.4 is 5.32 Å². The Labute approximate surface area is 152 Å². The zero-order valence-corrected chi connectivity index (χ0v) is 14.5. The molecule has 132 valence electrons. The normalized spacial score (nSPS) is 16.1. The molecule has 0 radical (unpaired) electrons. The van der Waals surface area contributed by atoms with E-state index >= 15 is 0 Å². The fraction of sp³-hybridized carbons (Fsp3) is 0.238. The lowest BCUT2D eigenvalue weighted by molar-refractivity contribution is -0.122. The highest BCUT2D eigenvalue weighted by Crippen LogP contribution is 2.26. The van der Waals surface area contributed by atoms with Gasteiger partial charge < -0.3 is 14.6 Å². The molecular weight excluding hydrogens is 326 g/mol. The quantitative estimate of drug-likeness (QED) is 0.772. The number of imidazole rings is 1. The molecule has 1 aliphatic heterocycles. The van der Waals surface area contributed by atoms with E-state index in [-0.39, 0.29) is 18.6 Å². The summed E-state index contributed by atoms with van der Waals surface area (Å²) in [7, 11) is 0. The molecule has 3 aromatic rings. The van der Waals surface area contributed by atoms with Crippen molar-refractivity contribution in [2.24, 2.45) is 0 Å². The molecule has 26 heavy (non-hydrogen) atoms. The number of fused-ring (bicyclic) bond motifs is 1. The highest BCUT2D eigenvalue weighted by atomic mass is 16.5. The zero-order valence-electron chi connectivity index (χ0n) is 14.5. The zero-order chi connectivity index (χ0) is 17.8.